The number of benzene rings is 3. The molecule has 0 spiro atoms. The zero-order valence-corrected chi connectivity index (χ0v) is 22.2. The van der Waals surface area contributed by atoms with Crippen molar-refractivity contribution in [2.24, 2.45) is 0 Å². The van der Waals surface area contributed by atoms with Crippen LogP contribution < -0.4 is 14.8 Å². The molecule has 0 aliphatic carbocycles. The Bertz CT molecular complexity index is 1490. The van der Waals surface area contributed by atoms with Gasteiger partial charge in [-0.05, 0) is 60.5 Å². The number of carbonyl (C=O) groups is 3. The van der Waals surface area contributed by atoms with Crippen molar-refractivity contribution in [3.63, 3.8) is 0 Å². The van der Waals surface area contributed by atoms with Crippen LogP contribution in [0.3, 0.4) is 0 Å². The molecule has 1 N–H and O–H groups in total. The molecule has 1 heterocycles. The van der Waals surface area contributed by atoms with E-state index in [-0.39, 0.29) is 34.3 Å². The molecule has 11 heteroatoms. The van der Waals surface area contributed by atoms with Crippen LogP contribution >= 0.6 is 11.8 Å². The molecule has 1 fully saturated rings. The monoisotopic (exact) mass is 547 g/mol. The summed E-state index contributed by atoms with van der Waals surface area (Å²) in [5.41, 5.74) is 2.94. The lowest BCUT2D eigenvalue weighted by Crippen LogP contribution is -2.36. The number of ether oxygens (including phenoxy) is 2. The van der Waals surface area contributed by atoms with E-state index < -0.39 is 28.5 Å². The predicted octanol–water partition coefficient (Wildman–Crippen LogP) is 5.47. The number of thioether (sulfide) groups is 1. The Morgan fingerprint density at radius 2 is 1.82 bits per heavy atom. The van der Waals surface area contributed by atoms with E-state index in [1.54, 1.807) is 6.07 Å². The molecule has 0 bridgehead atoms. The number of nitrogens with one attached hydrogen (secondary N) is 1. The second kappa shape index (κ2) is 11.8. The van der Waals surface area contributed by atoms with Crippen molar-refractivity contribution in [1.29, 1.82) is 0 Å². The van der Waals surface area contributed by atoms with Gasteiger partial charge < -0.3 is 14.8 Å². The molecule has 200 valence electrons. The van der Waals surface area contributed by atoms with Crippen molar-refractivity contribution in [1.82, 2.24) is 4.90 Å². The van der Waals surface area contributed by atoms with Crippen LogP contribution in [0.2, 0.25) is 0 Å². The Morgan fingerprint density at radius 3 is 2.51 bits per heavy atom. The highest BCUT2D eigenvalue weighted by molar-refractivity contribution is 8.18. The largest absolute Gasteiger partial charge is 0.493 e. The molecular weight excluding hydrogens is 522 g/mol. The van der Waals surface area contributed by atoms with Gasteiger partial charge in [-0.2, -0.15) is 0 Å². The second-order valence-corrected chi connectivity index (χ2v) is 9.72. The first-order valence-electron chi connectivity index (χ1n) is 11.8. The van der Waals surface area contributed by atoms with E-state index in [0.29, 0.717) is 17.4 Å². The number of carbonyl (C=O) groups excluding carboxylic acids is 3. The van der Waals surface area contributed by atoms with E-state index in [2.05, 4.69) is 5.32 Å². The molecule has 1 aliphatic rings. The Morgan fingerprint density at radius 1 is 1.08 bits per heavy atom. The van der Waals surface area contributed by atoms with E-state index in [0.717, 1.165) is 21.6 Å². The summed E-state index contributed by atoms with van der Waals surface area (Å²) in [6.45, 7) is 3.38. The summed E-state index contributed by atoms with van der Waals surface area (Å²) in [6.07, 6.45) is 1.25. The first kappa shape index (κ1) is 27.4. The Labute approximate surface area is 228 Å². The molecule has 1 saturated heterocycles. The average Bonchev–Trinajstić information content (AvgIpc) is 3.17. The van der Waals surface area contributed by atoms with Crippen molar-refractivity contribution < 1.29 is 28.8 Å². The second-order valence-electron chi connectivity index (χ2n) is 8.73. The first-order valence-corrected chi connectivity index (χ1v) is 12.6. The van der Waals surface area contributed by atoms with Crippen LogP contribution in [0.5, 0.6) is 11.5 Å². The van der Waals surface area contributed by atoms with E-state index in [1.165, 1.54) is 25.3 Å². The molecule has 39 heavy (non-hydrogen) atoms. The number of amides is 3. The normalized spacial score (nSPS) is 14.0. The summed E-state index contributed by atoms with van der Waals surface area (Å²) in [5.74, 6) is -0.894. The fourth-order valence-corrected chi connectivity index (χ4v) is 4.66. The highest BCUT2D eigenvalue weighted by Gasteiger charge is 2.37. The summed E-state index contributed by atoms with van der Waals surface area (Å²) >= 11 is 0.600. The molecule has 1 aliphatic heterocycles. The van der Waals surface area contributed by atoms with Crippen LogP contribution in [0.1, 0.15) is 22.3 Å². The number of methoxy groups -OCH3 is 1. The third-order valence-corrected chi connectivity index (χ3v) is 6.78. The zero-order valence-electron chi connectivity index (χ0n) is 21.4. The number of nitro benzene ring substituents is 1. The van der Waals surface area contributed by atoms with Crippen LogP contribution in [0.25, 0.3) is 6.08 Å². The van der Waals surface area contributed by atoms with Gasteiger partial charge in [0.15, 0.2) is 11.5 Å². The maximum atomic E-state index is 13.0. The lowest BCUT2D eigenvalue weighted by Gasteiger charge is -2.14. The standard InChI is InChI=1S/C28H25N3O7S/c1-17-9-10-18(2)21(11-17)29-26(32)15-30-27(33)25(39-28(30)34)13-20-12-23(37-3)24(14-22(20)31(35)36)38-16-19-7-5-4-6-8-19/h4-14H,15-16H2,1-3H3,(H,29,32)/b25-13+. The van der Waals surface area contributed by atoms with Gasteiger partial charge in [0.1, 0.15) is 13.2 Å². The molecule has 0 unspecified atom stereocenters. The lowest BCUT2D eigenvalue weighted by atomic mass is 10.1. The quantitative estimate of drug-likeness (QED) is 0.212. The fourth-order valence-electron chi connectivity index (χ4n) is 3.83. The van der Waals surface area contributed by atoms with Gasteiger partial charge in [0.05, 0.1) is 28.6 Å². The number of nitrogens with zero attached hydrogens (tertiary/aromatic N) is 2. The number of hydrogen-bond acceptors (Lipinski definition) is 8. The summed E-state index contributed by atoms with van der Waals surface area (Å²) in [4.78, 5) is 50.2. The topological polar surface area (TPSA) is 128 Å². The van der Waals surface area contributed by atoms with Gasteiger partial charge in [-0.25, -0.2) is 0 Å². The molecule has 3 aromatic rings. The molecule has 0 saturated carbocycles. The van der Waals surface area contributed by atoms with Crippen LogP contribution in [0.15, 0.2) is 65.6 Å². The zero-order chi connectivity index (χ0) is 28.1. The smallest absolute Gasteiger partial charge is 0.294 e. The van der Waals surface area contributed by atoms with Gasteiger partial charge in [0.25, 0.3) is 16.8 Å². The van der Waals surface area contributed by atoms with Crippen LogP contribution in [0.4, 0.5) is 16.2 Å². The molecule has 3 amide bonds. The minimum atomic E-state index is -0.723. The SMILES string of the molecule is COc1cc(/C=C2/SC(=O)N(CC(=O)Nc3cc(C)ccc3C)C2=O)c([N+](=O)[O-])cc1OCc1ccccc1. The van der Waals surface area contributed by atoms with Crippen molar-refractivity contribution >= 4 is 46.3 Å². The van der Waals surface area contributed by atoms with E-state index in [4.69, 9.17) is 9.47 Å². The average molecular weight is 548 g/mol. The van der Waals surface area contributed by atoms with Crippen LogP contribution in [-0.4, -0.2) is 40.5 Å². The van der Waals surface area contributed by atoms with Crippen LogP contribution in [-0.2, 0) is 16.2 Å². The summed E-state index contributed by atoms with van der Waals surface area (Å²) in [7, 11) is 1.39. The predicted molar refractivity (Wildman–Crippen MR) is 148 cm³/mol. The maximum Gasteiger partial charge on any atom is 0.294 e. The van der Waals surface area contributed by atoms with Crippen molar-refractivity contribution in [2.45, 2.75) is 20.5 Å². The van der Waals surface area contributed by atoms with Gasteiger partial charge >= 0.3 is 0 Å². The van der Waals surface area contributed by atoms with Crippen molar-refractivity contribution in [3.8, 4) is 11.5 Å². The Hall–Kier alpha value is -4.64. The molecule has 10 nitrogen and oxygen atoms in total. The molecule has 4 rings (SSSR count). The number of imide groups is 1. The molecule has 3 aromatic carbocycles. The van der Waals surface area contributed by atoms with Gasteiger partial charge in [-0.1, -0.05) is 42.5 Å². The van der Waals surface area contributed by atoms with Crippen LogP contribution in [0, 0.1) is 24.0 Å². The van der Waals surface area contributed by atoms with E-state index in [1.807, 2.05) is 56.3 Å². The first-order chi connectivity index (χ1) is 18.7. The minimum absolute atomic E-state index is 0.0502. The lowest BCUT2D eigenvalue weighted by molar-refractivity contribution is -0.385. The number of hydrogen-bond donors (Lipinski definition) is 1. The number of rotatable bonds is 9. The molecule has 0 aromatic heterocycles. The van der Waals surface area contributed by atoms with Crippen molar-refractivity contribution in [3.05, 3.63) is 97.9 Å². The highest BCUT2D eigenvalue weighted by Crippen LogP contribution is 2.39. The maximum absolute atomic E-state index is 13.0. The Kier molecular flexibility index (Phi) is 8.30. The van der Waals surface area contributed by atoms with Gasteiger partial charge in [0, 0.05) is 5.69 Å². The summed E-state index contributed by atoms with van der Waals surface area (Å²) in [5, 5.41) is 13.9. The fraction of sp³-hybridized carbons (Fsp3) is 0.179. The van der Waals surface area contributed by atoms with E-state index in [9.17, 15) is 24.5 Å². The number of nitro groups is 1. The number of anilines is 1. The highest BCUT2D eigenvalue weighted by atomic mass is 32.2. The Balaban J connectivity index is 1.55. The van der Waals surface area contributed by atoms with Gasteiger partial charge in [-0.15, -0.1) is 0 Å². The summed E-state index contributed by atoms with van der Waals surface area (Å²) < 4.78 is 11.1. The van der Waals surface area contributed by atoms with E-state index >= 15 is 0 Å². The molecule has 0 radical (unpaired) electrons. The van der Waals surface area contributed by atoms with Gasteiger partial charge in [-0.3, -0.25) is 29.4 Å². The van der Waals surface area contributed by atoms with Crippen molar-refractivity contribution in [2.75, 3.05) is 19.0 Å². The third-order valence-electron chi connectivity index (χ3n) is 5.88. The van der Waals surface area contributed by atoms with Gasteiger partial charge in [0.2, 0.25) is 5.91 Å². The summed E-state index contributed by atoms with van der Waals surface area (Å²) in [6, 6.07) is 17.4. The minimum Gasteiger partial charge on any atom is -0.493 e. The molecule has 0 atom stereocenters. The number of aryl methyl sites for hydroxylation is 2. The third kappa shape index (κ3) is 6.44. The molecular formula is C28H25N3O7S.